The number of piperidine rings is 1. The first-order chi connectivity index (χ1) is 17.0. The van der Waals surface area contributed by atoms with Crippen molar-refractivity contribution < 1.29 is 14.4 Å². The molecule has 6 heteroatoms. The molecule has 3 aliphatic carbocycles. The zero-order chi connectivity index (χ0) is 23.9. The summed E-state index contributed by atoms with van der Waals surface area (Å²) in [6, 6.07) is 7.03. The monoisotopic (exact) mass is 477 g/mol. The zero-order valence-corrected chi connectivity index (χ0v) is 20.8. The third-order valence-corrected chi connectivity index (χ3v) is 9.51. The average Bonchev–Trinajstić information content (AvgIpc) is 3.65. The molecule has 35 heavy (non-hydrogen) atoms. The SMILES string of the molecule is O=C1CCC(N2Cc3cc(C[C@H]4CCCC[C@@H]4N[C@H]4CC[C@@H](C5CC5)CC4)ccc3C2=O)C(=O)N1. The van der Waals surface area contributed by atoms with E-state index >= 15 is 0 Å². The Morgan fingerprint density at radius 3 is 2.37 bits per heavy atom. The fraction of sp³-hybridized carbons (Fsp3) is 0.690. The fourth-order valence-corrected chi connectivity index (χ4v) is 7.36. The topological polar surface area (TPSA) is 78.5 Å². The summed E-state index contributed by atoms with van der Waals surface area (Å²) in [7, 11) is 0. The van der Waals surface area contributed by atoms with Gasteiger partial charge in [0.15, 0.2) is 0 Å². The molecule has 1 aromatic carbocycles. The molecular weight excluding hydrogens is 438 g/mol. The van der Waals surface area contributed by atoms with Crippen molar-refractivity contribution in [3.63, 3.8) is 0 Å². The van der Waals surface area contributed by atoms with Crippen LogP contribution in [0.15, 0.2) is 18.2 Å². The number of nitrogens with zero attached hydrogens (tertiary/aromatic N) is 1. The van der Waals surface area contributed by atoms with Gasteiger partial charge in [0.2, 0.25) is 11.8 Å². The van der Waals surface area contributed by atoms with Crippen molar-refractivity contribution in [2.75, 3.05) is 0 Å². The summed E-state index contributed by atoms with van der Waals surface area (Å²) in [6.07, 6.45) is 15.4. The molecule has 188 valence electrons. The molecule has 6 rings (SSSR count). The van der Waals surface area contributed by atoms with E-state index in [0.29, 0.717) is 43.0 Å². The molecule has 3 amide bonds. The van der Waals surface area contributed by atoms with Gasteiger partial charge in [-0.25, -0.2) is 0 Å². The van der Waals surface area contributed by atoms with Gasteiger partial charge in [0, 0.05) is 30.6 Å². The van der Waals surface area contributed by atoms with Crippen LogP contribution >= 0.6 is 0 Å². The lowest BCUT2D eigenvalue weighted by molar-refractivity contribution is -0.136. The molecule has 3 atom stereocenters. The first kappa shape index (κ1) is 23.2. The van der Waals surface area contributed by atoms with Crippen molar-refractivity contribution in [1.29, 1.82) is 0 Å². The highest BCUT2D eigenvalue weighted by Crippen LogP contribution is 2.44. The highest BCUT2D eigenvalue weighted by molar-refractivity contribution is 6.05. The number of rotatable bonds is 6. The van der Waals surface area contributed by atoms with E-state index in [1.807, 2.05) is 6.07 Å². The maximum absolute atomic E-state index is 13.0. The molecule has 0 radical (unpaired) electrons. The number of carbonyl (C=O) groups excluding carboxylic acids is 3. The standard InChI is InChI=1S/C29H39N3O3/c33-27-14-13-26(28(34)31-27)32-17-22-16-18(5-12-24(22)29(32)35)15-21-3-1-2-4-25(21)30-23-10-8-20(9-11-23)19-6-7-19/h5,12,16,19-21,23,25-26,30H,1-4,6-11,13-15,17H2,(H,31,33,34)/t20-,21-,23+,25+,26?/m1/s1. The van der Waals surface area contributed by atoms with E-state index in [4.69, 9.17) is 0 Å². The van der Waals surface area contributed by atoms with Crippen LogP contribution in [0.4, 0.5) is 0 Å². The summed E-state index contributed by atoms with van der Waals surface area (Å²) in [5, 5.41) is 6.48. The van der Waals surface area contributed by atoms with Crippen LogP contribution < -0.4 is 10.6 Å². The van der Waals surface area contributed by atoms with Crippen molar-refractivity contribution in [1.82, 2.24) is 15.5 Å². The minimum Gasteiger partial charge on any atom is -0.322 e. The number of carbonyl (C=O) groups is 3. The Labute approximate surface area is 208 Å². The molecule has 4 fully saturated rings. The van der Waals surface area contributed by atoms with E-state index in [9.17, 15) is 14.4 Å². The van der Waals surface area contributed by atoms with Crippen molar-refractivity contribution in [2.24, 2.45) is 17.8 Å². The fourth-order valence-electron chi connectivity index (χ4n) is 7.36. The Hall–Kier alpha value is -2.21. The van der Waals surface area contributed by atoms with Crippen LogP contribution in [-0.4, -0.2) is 40.7 Å². The zero-order valence-electron chi connectivity index (χ0n) is 20.8. The number of hydrogen-bond donors (Lipinski definition) is 2. The minimum absolute atomic E-state index is 0.0833. The van der Waals surface area contributed by atoms with Crippen molar-refractivity contribution in [2.45, 2.75) is 108 Å². The Morgan fingerprint density at radius 1 is 0.886 bits per heavy atom. The van der Waals surface area contributed by atoms with Crippen LogP contribution in [0.2, 0.25) is 0 Å². The maximum atomic E-state index is 13.0. The lowest BCUT2D eigenvalue weighted by Crippen LogP contribution is -2.52. The molecule has 0 spiro atoms. The molecule has 2 N–H and O–H groups in total. The van der Waals surface area contributed by atoms with Gasteiger partial charge in [-0.3, -0.25) is 19.7 Å². The highest BCUT2D eigenvalue weighted by Gasteiger charge is 2.39. The predicted octanol–water partition coefficient (Wildman–Crippen LogP) is 4.11. The number of imide groups is 1. The van der Waals surface area contributed by atoms with Gasteiger partial charge in [0.25, 0.3) is 5.91 Å². The molecule has 2 aliphatic heterocycles. The second-order valence-corrected chi connectivity index (χ2v) is 11.9. The number of hydrogen-bond acceptors (Lipinski definition) is 4. The van der Waals surface area contributed by atoms with Crippen LogP contribution in [0.1, 0.15) is 98.5 Å². The van der Waals surface area contributed by atoms with Crippen LogP contribution in [0.5, 0.6) is 0 Å². The van der Waals surface area contributed by atoms with Crippen LogP contribution in [-0.2, 0) is 22.6 Å². The van der Waals surface area contributed by atoms with Gasteiger partial charge in [0.1, 0.15) is 6.04 Å². The highest BCUT2D eigenvalue weighted by atomic mass is 16.2. The molecule has 0 aromatic heterocycles. The second kappa shape index (κ2) is 9.68. The lowest BCUT2D eigenvalue weighted by Gasteiger charge is -2.38. The summed E-state index contributed by atoms with van der Waals surface area (Å²) >= 11 is 0. The molecule has 3 saturated carbocycles. The molecule has 1 aromatic rings. The molecule has 1 unspecified atom stereocenters. The van der Waals surface area contributed by atoms with Crippen molar-refractivity contribution >= 4 is 17.7 Å². The average molecular weight is 478 g/mol. The third-order valence-electron chi connectivity index (χ3n) is 9.51. The number of nitrogens with one attached hydrogen (secondary N) is 2. The Bertz CT molecular complexity index is 995. The molecule has 0 bridgehead atoms. The Balaban J connectivity index is 1.09. The maximum Gasteiger partial charge on any atom is 0.255 e. The molecule has 5 aliphatic rings. The van der Waals surface area contributed by atoms with Crippen LogP contribution in [0.3, 0.4) is 0 Å². The first-order valence-electron chi connectivity index (χ1n) is 14.1. The molecule has 1 saturated heterocycles. The van der Waals surface area contributed by atoms with E-state index in [1.165, 1.54) is 69.8 Å². The lowest BCUT2D eigenvalue weighted by atomic mass is 9.78. The van der Waals surface area contributed by atoms with E-state index < -0.39 is 6.04 Å². The second-order valence-electron chi connectivity index (χ2n) is 11.9. The van der Waals surface area contributed by atoms with Crippen LogP contribution in [0.25, 0.3) is 0 Å². The quantitative estimate of drug-likeness (QED) is 0.605. The minimum atomic E-state index is -0.544. The van der Waals surface area contributed by atoms with Gasteiger partial charge < -0.3 is 10.2 Å². The van der Waals surface area contributed by atoms with Gasteiger partial charge >= 0.3 is 0 Å². The van der Waals surface area contributed by atoms with E-state index in [1.54, 1.807) is 4.90 Å². The van der Waals surface area contributed by atoms with Crippen molar-refractivity contribution in [3.8, 4) is 0 Å². The summed E-state index contributed by atoms with van der Waals surface area (Å²) in [4.78, 5) is 38.5. The summed E-state index contributed by atoms with van der Waals surface area (Å²) in [5.41, 5.74) is 3.04. The smallest absolute Gasteiger partial charge is 0.255 e. The van der Waals surface area contributed by atoms with E-state index in [2.05, 4.69) is 22.8 Å². The van der Waals surface area contributed by atoms with E-state index in [0.717, 1.165) is 23.8 Å². The largest absolute Gasteiger partial charge is 0.322 e. The Kier molecular flexibility index (Phi) is 6.42. The number of fused-ring (bicyclic) bond motifs is 1. The number of benzene rings is 1. The van der Waals surface area contributed by atoms with Gasteiger partial charge in [-0.2, -0.15) is 0 Å². The molecule has 2 heterocycles. The summed E-state index contributed by atoms with van der Waals surface area (Å²) < 4.78 is 0. The van der Waals surface area contributed by atoms with Gasteiger partial charge in [-0.05, 0) is 99.2 Å². The molecular formula is C29H39N3O3. The Morgan fingerprint density at radius 2 is 1.63 bits per heavy atom. The van der Waals surface area contributed by atoms with Gasteiger partial charge in [-0.1, -0.05) is 25.0 Å². The van der Waals surface area contributed by atoms with Gasteiger partial charge in [0.05, 0.1) is 0 Å². The predicted molar refractivity (Wildman–Crippen MR) is 134 cm³/mol. The summed E-state index contributed by atoms with van der Waals surface area (Å²) in [6.45, 7) is 0.463. The summed E-state index contributed by atoms with van der Waals surface area (Å²) in [5.74, 6) is 2.03. The van der Waals surface area contributed by atoms with E-state index in [-0.39, 0.29) is 17.7 Å². The van der Waals surface area contributed by atoms with Crippen LogP contribution in [0, 0.1) is 17.8 Å². The third kappa shape index (κ3) is 4.91. The normalized spacial score (nSPS) is 33.5. The van der Waals surface area contributed by atoms with Crippen molar-refractivity contribution in [3.05, 3.63) is 34.9 Å². The number of amides is 3. The van der Waals surface area contributed by atoms with Gasteiger partial charge in [-0.15, -0.1) is 0 Å². The molecule has 6 nitrogen and oxygen atoms in total. The first-order valence-corrected chi connectivity index (χ1v) is 14.1.